The van der Waals surface area contributed by atoms with Crippen LogP contribution in [0.5, 0.6) is 5.75 Å². The molecule has 0 saturated heterocycles. The molecule has 0 aliphatic heterocycles. The first-order valence-corrected chi connectivity index (χ1v) is 4.25. The van der Waals surface area contributed by atoms with Gasteiger partial charge in [-0.05, 0) is 32.4 Å². The van der Waals surface area contributed by atoms with E-state index in [2.05, 4.69) is 4.98 Å². The third-order valence-electron chi connectivity index (χ3n) is 1.49. The molecule has 0 unspecified atom stereocenters. The van der Waals surface area contributed by atoms with Crippen molar-refractivity contribution in [2.45, 2.75) is 34.6 Å². The molecule has 0 saturated carbocycles. The average Bonchev–Trinajstić information content (AvgIpc) is 2.04. The van der Waals surface area contributed by atoms with Crippen LogP contribution in [0.15, 0.2) is 6.07 Å². The second-order valence-corrected chi connectivity index (χ2v) is 2.51. The monoisotopic (exact) mass is 167 g/mol. The number of rotatable bonds is 0. The fourth-order valence-corrected chi connectivity index (χ4v) is 1.02. The minimum atomic E-state index is 0.311. The summed E-state index contributed by atoms with van der Waals surface area (Å²) in [4.78, 5) is 4.08. The van der Waals surface area contributed by atoms with Gasteiger partial charge in [0.15, 0.2) is 0 Å². The van der Waals surface area contributed by atoms with E-state index in [0.717, 1.165) is 11.3 Å². The van der Waals surface area contributed by atoms with E-state index >= 15 is 0 Å². The van der Waals surface area contributed by atoms with Crippen LogP contribution in [0.1, 0.15) is 30.8 Å². The van der Waals surface area contributed by atoms with Gasteiger partial charge in [-0.3, -0.25) is 4.98 Å². The molecule has 68 valence electrons. The lowest BCUT2D eigenvalue weighted by Gasteiger charge is -2.02. The van der Waals surface area contributed by atoms with Crippen molar-refractivity contribution < 1.29 is 5.11 Å². The van der Waals surface area contributed by atoms with Gasteiger partial charge in [-0.25, -0.2) is 0 Å². The van der Waals surface area contributed by atoms with Crippen LogP contribution in [0.25, 0.3) is 0 Å². The van der Waals surface area contributed by atoms with Crippen LogP contribution < -0.4 is 0 Å². The molecule has 1 aromatic heterocycles. The van der Waals surface area contributed by atoms with Gasteiger partial charge in [0.05, 0.1) is 5.69 Å². The topological polar surface area (TPSA) is 33.1 Å². The Hall–Kier alpha value is -1.05. The maximum Gasteiger partial charge on any atom is 0.139 e. The number of nitrogens with zero attached hydrogens (tertiary/aromatic N) is 1. The van der Waals surface area contributed by atoms with Gasteiger partial charge < -0.3 is 5.11 Å². The van der Waals surface area contributed by atoms with Gasteiger partial charge in [0.1, 0.15) is 5.75 Å². The number of aromatic hydroxyl groups is 1. The molecule has 0 fully saturated rings. The van der Waals surface area contributed by atoms with Crippen molar-refractivity contribution >= 4 is 0 Å². The van der Waals surface area contributed by atoms with Crippen LogP contribution in [0.2, 0.25) is 0 Å². The SMILES string of the molecule is CC.Cc1cc(C)c(O)c(C)n1. The highest BCUT2D eigenvalue weighted by atomic mass is 16.3. The first-order chi connectivity index (χ1) is 5.61. The Morgan fingerprint density at radius 3 is 2.08 bits per heavy atom. The average molecular weight is 167 g/mol. The van der Waals surface area contributed by atoms with Crippen molar-refractivity contribution in [2.75, 3.05) is 0 Å². The lowest BCUT2D eigenvalue weighted by Crippen LogP contribution is -1.88. The van der Waals surface area contributed by atoms with Crippen molar-refractivity contribution in [1.82, 2.24) is 4.98 Å². The summed E-state index contributed by atoms with van der Waals surface area (Å²) in [5.74, 6) is 0.311. The summed E-state index contributed by atoms with van der Waals surface area (Å²) in [5.41, 5.74) is 2.55. The maximum absolute atomic E-state index is 9.27. The number of hydrogen-bond donors (Lipinski definition) is 1. The van der Waals surface area contributed by atoms with Crippen LogP contribution in [-0.4, -0.2) is 10.1 Å². The summed E-state index contributed by atoms with van der Waals surface area (Å²) in [5, 5.41) is 9.27. The van der Waals surface area contributed by atoms with Gasteiger partial charge in [-0.1, -0.05) is 13.8 Å². The zero-order valence-electron chi connectivity index (χ0n) is 8.47. The minimum Gasteiger partial charge on any atom is -0.506 e. The van der Waals surface area contributed by atoms with E-state index in [1.165, 1.54) is 0 Å². The van der Waals surface area contributed by atoms with Crippen LogP contribution in [-0.2, 0) is 0 Å². The Kier molecular flexibility index (Phi) is 4.34. The summed E-state index contributed by atoms with van der Waals surface area (Å²) in [6.07, 6.45) is 0. The Labute approximate surface area is 74.3 Å². The lowest BCUT2D eigenvalue weighted by molar-refractivity contribution is 0.463. The normalized spacial score (nSPS) is 8.75. The zero-order chi connectivity index (χ0) is 9.72. The molecule has 1 rings (SSSR count). The summed E-state index contributed by atoms with van der Waals surface area (Å²) in [6.45, 7) is 9.59. The number of pyridine rings is 1. The highest BCUT2D eigenvalue weighted by molar-refractivity contribution is 5.35. The molecule has 1 N–H and O–H groups in total. The molecule has 1 heterocycles. The third-order valence-corrected chi connectivity index (χ3v) is 1.49. The lowest BCUT2D eigenvalue weighted by atomic mass is 10.2. The number of aromatic nitrogens is 1. The van der Waals surface area contributed by atoms with E-state index in [0.29, 0.717) is 11.4 Å². The Morgan fingerprint density at radius 2 is 1.67 bits per heavy atom. The molecule has 0 atom stereocenters. The quantitative estimate of drug-likeness (QED) is 0.644. The molecule has 0 aliphatic rings. The highest BCUT2D eigenvalue weighted by Crippen LogP contribution is 2.18. The molecule has 2 heteroatoms. The van der Waals surface area contributed by atoms with E-state index in [-0.39, 0.29) is 0 Å². The van der Waals surface area contributed by atoms with Crippen molar-refractivity contribution in [2.24, 2.45) is 0 Å². The van der Waals surface area contributed by atoms with Gasteiger partial charge in [0.2, 0.25) is 0 Å². The smallest absolute Gasteiger partial charge is 0.139 e. The second kappa shape index (κ2) is 4.75. The summed E-state index contributed by atoms with van der Waals surface area (Å²) in [6, 6.07) is 1.86. The van der Waals surface area contributed by atoms with Crippen molar-refractivity contribution in [3.63, 3.8) is 0 Å². The van der Waals surface area contributed by atoms with Crippen molar-refractivity contribution in [3.8, 4) is 5.75 Å². The van der Waals surface area contributed by atoms with E-state index in [4.69, 9.17) is 0 Å². The molecule has 0 aliphatic carbocycles. The predicted molar refractivity (Wildman–Crippen MR) is 51.5 cm³/mol. The third kappa shape index (κ3) is 2.53. The summed E-state index contributed by atoms with van der Waals surface area (Å²) in [7, 11) is 0. The Morgan fingerprint density at radius 1 is 1.17 bits per heavy atom. The number of aryl methyl sites for hydroxylation is 3. The number of hydrogen-bond acceptors (Lipinski definition) is 2. The Balaban J connectivity index is 0.000000561. The molecule has 0 spiro atoms. The second-order valence-electron chi connectivity index (χ2n) is 2.51. The highest BCUT2D eigenvalue weighted by Gasteiger charge is 2.00. The molecule has 0 radical (unpaired) electrons. The fourth-order valence-electron chi connectivity index (χ4n) is 1.02. The van der Waals surface area contributed by atoms with E-state index in [9.17, 15) is 5.11 Å². The first kappa shape index (κ1) is 11.0. The van der Waals surface area contributed by atoms with E-state index < -0.39 is 0 Å². The van der Waals surface area contributed by atoms with Gasteiger partial charge in [-0.15, -0.1) is 0 Å². The molecule has 1 aromatic rings. The molecular formula is C10H17NO. The molecule has 12 heavy (non-hydrogen) atoms. The Bertz CT molecular complexity index is 233. The van der Waals surface area contributed by atoms with Gasteiger partial charge in [-0.2, -0.15) is 0 Å². The van der Waals surface area contributed by atoms with E-state index in [1.54, 1.807) is 6.92 Å². The molecule has 0 bridgehead atoms. The van der Waals surface area contributed by atoms with Crippen LogP contribution in [0.4, 0.5) is 0 Å². The van der Waals surface area contributed by atoms with Crippen LogP contribution in [0.3, 0.4) is 0 Å². The predicted octanol–water partition coefficient (Wildman–Crippen LogP) is 2.74. The molecular weight excluding hydrogens is 150 g/mol. The maximum atomic E-state index is 9.27. The molecule has 0 amide bonds. The van der Waals surface area contributed by atoms with Crippen LogP contribution >= 0.6 is 0 Å². The van der Waals surface area contributed by atoms with Gasteiger partial charge >= 0.3 is 0 Å². The zero-order valence-corrected chi connectivity index (χ0v) is 8.47. The van der Waals surface area contributed by atoms with Gasteiger partial charge in [0.25, 0.3) is 0 Å². The largest absolute Gasteiger partial charge is 0.506 e. The first-order valence-electron chi connectivity index (χ1n) is 4.25. The fraction of sp³-hybridized carbons (Fsp3) is 0.500. The standard InChI is InChI=1S/C8H11NO.C2H6/c1-5-4-6(2)9-7(3)8(5)10;1-2/h4,10H,1-3H3;1-2H3. The molecule has 0 aromatic carbocycles. The van der Waals surface area contributed by atoms with E-state index in [1.807, 2.05) is 33.8 Å². The van der Waals surface area contributed by atoms with Gasteiger partial charge in [0, 0.05) is 5.69 Å². The summed E-state index contributed by atoms with van der Waals surface area (Å²) < 4.78 is 0. The summed E-state index contributed by atoms with van der Waals surface area (Å²) >= 11 is 0. The molecule has 2 nitrogen and oxygen atoms in total. The van der Waals surface area contributed by atoms with Crippen LogP contribution in [0, 0.1) is 20.8 Å². The van der Waals surface area contributed by atoms with Crippen molar-refractivity contribution in [3.05, 3.63) is 23.0 Å². The van der Waals surface area contributed by atoms with Crippen molar-refractivity contribution in [1.29, 1.82) is 0 Å². The minimum absolute atomic E-state index is 0.311.